The van der Waals surface area contributed by atoms with Crippen LogP contribution in [0.4, 0.5) is 13.2 Å². The first-order valence-corrected chi connectivity index (χ1v) is 8.46. The first-order chi connectivity index (χ1) is 12.9. The number of nitrogens with zero attached hydrogens (tertiary/aromatic N) is 2. The van der Waals surface area contributed by atoms with Crippen LogP contribution in [0.25, 0.3) is 0 Å². The summed E-state index contributed by atoms with van der Waals surface area (Å²) in [6, 6.07) is 9.05. The number of hydrogen-bond donors (Lipinski definition) is 0. The van der Waals surface area contributed by atoms with Gasteiger partial charge in [0.2, 0.25) is 11.8 Å². The van der Waals surface area contributed by atoms with Gasteiger partial charge < -0.3 is 14.4 Å². The average molecular weight is 380 g/mol. The number of carbonyl (C=O) groups is 1. The number of likely N-dealkylation sites (tertiary alicyclic amines) is 1. The van der Waals surface area contributed by atoms with E-state index in [4.69, 9.17) is 9.47 Å². The van der Waals surface area contributed by atoms with Crippen LogP contribution < -0.4 is 9.47 Å². The van der Waals surface area contributed by atoms with E-state index >= 15 is 0 Å². The highest BCUT2D eigenvalue weighted by Crippen LogP contribution is 2.31. The van der Waals surface area contributed by atoms with Crippen LogP contribution in [0, 0.1) is 0 Å². The van der Waals surface area contributed by atoms with E-state index in [2.05, 4.69) is 4.98 Å². The van der Waals surface area contributed by atoms with Gasteiger partial charge in [-0.3, -0.25) is 4.79 Å². The summed E-state index contributed by atoms with van der Waals surface area (Å²) in [7, 11) is 1.55. The molecule has 0 N–H and O–H groups in total. The number of amides is 1. The van der Waals surface area contributed by atoms with Crippen LogP contribution in [-0.2, 0) is 17.4 Å². The van der Waals surface area contributed by atoms with Gasteiger partial charge in [0.1, 0.15) is 11.9 Å². The summed E-state index contributed by atoms with van der Waals surface area (Å²) >= 11 is 0. The number of alkyl halides is 3. The van der Waals surface area contributed by atoms with Crippen molar-refractivity contribution >= 4 is 5.91 Å². The zero-order valence-electron chi connectivity index (χ0n) is 14.7. The molecule has 2 aromatic rings. The van der Waals surface area contributed by atoms with Crippen LogP contribution >= 0.6 is 0 Å². The third-order valence-electron chi connectivity index (χ3n) is 4.38. The van der Waals surface area contributed by atoms with Gasteiger partial charge in [0.25, 0.3) is 0 Å². The second-order valence-corrected chi connectivity index (χ2v) is 6.24. The van der Waals surface area contributed by atoms with Crippen molar-refractivity contribution in [3.63, 3.8) is 0 Å². The molecule has 3 rings (SSSR count). The zero-order chi connectivity index (χ0) is 19.4. The number of aromatic nitrogens is 1. The minimum absolute atomic E-state index is 0.0809. The van der Waals surface area contributed by atoms with Crippen molar-refractivity contribution in [3.8, 4) is 11.6 Å². The van der Waals surface area contributed by atoms with Crippen LogP contribution in [0.3, 0.4) is 0 Å². The molecule has 1 unspecified atom stereocenters. The van der Waals surface area contributed by atoms with E-state index in [1.807, 2.05) is 18.2 Å². The number of carbonyl (C=O) groups excluding carboxylic acids is 1. The monoisotopic (exact) mass is 380 g/mol. The third kappa shape index (κ3) is 4.69. The summed E-state index contributed by atoms with van der Waals surface area (Å²) in [5.41, 5.74) is -0.0245. The smallest absolute Gasteiger partial charge is 0.416 e. The molecule has 1 saturated heterocycles. The number of halogens is 3. The standard InChI is InChI=1S/C19H19F3N2O3/c1-26-16-5-3-2-4-13(16)10-18(25)24-9-7-15(12-24)27-17-11-14(6-8-23-17)19(20,21)22/h2-6,8,11,15H,7,9-10,12H2,1H3. The molecule has 0 bridgehead atoms. The highest BCUT2D eigenvalue weighted by molar-refractivity contribution is 5.79. The topological polar surface area (TPSA) is 51.7 Å². The lowest BCUT2D eigenvalue weighted by atomic mass is 10.1. The summed E-state index contributed by atoms with van der Waals surface area (Å²) in [4.78, 5) is 18.0. The SMILES string of the molecule is COc1ccccc1CC(=O)N1CCC(Oc2cc(C(F)(F)F)ccn2)C1. The Hall–Kier alpha value is -2.77. The predicted octanol–water partition coefficient (Wildman–Crippen LogP) is 3.33. The van der Waals surface area contributed by atoms with Gasteiger partial charge in [-0.25, -0.2) is 4.98 Å². The van der Waals surface area contributed by atoms with Gasteiger partial charge >= 0.3 is 6.18 Å². The van der Waals surface area contributed by atoms with Crippen LogP contribution in [0.1, 0.15) is 17.5 Å². The van der Waals surface area contributed by atoms with Gasteiger partial charge in [-0.2, -0.15) is 13.2 Å². The lowest BCUT2D eigenvalue weighted by molar-refractivity contribution is -0.137. The molecular formula is C19H19F3N2O3. The maximum Gasteiger partial charge on any atom is 0.416 e. The molecule has 1 aliphatic rings. The molecule has 1 aromatic heterocycles. The van der Waals surface area contributed by atoms with Crippen LogP contribution in [0.2, 0.25) is 0 Å². The third-order valence-corrected chi connectivity index (χ3v) is 4.38. The Morgan fingerprint density at radius 3 is 2.81 bits per heavy atom. The van der Waals surface area contributed by atoms with E-state index in [0.717, 1.165) is 23.9 Å². The highest BCUT2D eigenvalue weighted by atomic mass is 19.4. The molecule has 0 aliphatic carbocycles. The Morgan fingerprint density at radius 1 is 1.30 bits per heavy atom. The number of ether oxygens (including phenoxy) is 2. The first kappa shape index (κ1) is 19.0. The Morgan fingerprint density at radius 2 is 2.07 bits per heavy atom. The van der Waals surface area contributed by atoms with E-state index in [-0.39, 0.29) is 24.3 Å². The van der Waals surface area contributed by atoms with Gasteiger partial charge in [-0.15, -0.1) is 0 Å². The molecule has 5 nitrogen and oxygen atoms in total. The Balaban J connectivity index is 1.59. The number of rotatable bonds is 5. The fourth-order valence-corrected chi connectivity index (χ4v) is 3.00. The van der Waals surface area contributed by atoms with Crippen molar-refractivity contribution in [1.82, 2.24) is 9.88 Å². The molecular weight excluding hydrogens is 361 g/mol. The molecule has 1 amide bonds. The minimum atomic E-state index is -4.45. The van der Waals surface area contributed by atoms with Crippen LogP contribution in [0.15, 0.2) is 42.6 Å². The van der Waals surface area contributed by atoms with E-state index < -0.39 is 11.7 Å². The zero-order valence-corrected chi connectivity index (χ0v) is 14.7. The quantitative estimate of drug-likeness (QED) is 0.799. The van der Waals surface area contributed by atoms with Crippen molar-refractivity contribution < 1.29 is 27.4 Å². The Bertz CT molecular complexity index is 811. The molecule has 1 atom stereocenters. The molecule has 0 saturated carbocycles. The van der Waals surface area contributed by atoms with Crippen molar-refractivity contribution in [1.29, 1.82) is 0 Å². The lowest BCUT2D eigenvalue weighted by Gasteiger charge is -2.18. The van der Waals surface area contributed by atoms with Crippen molar-refractivity contribution in [3.05, 3.63) is 53.7 Å². The number of benzene rings is 1. The van der Waals surface area contributed by atoms with Crippen molar-refractivity contribution in [2.45, 2.75) is 25.1 Å². The number of pyridine rings is 1. The number of methoxy groups -OCH3 is 1. The lowest BCUT2D eigenvalue weighted by Crippen LogP contribution is -2.32. The van der Waals surface area contributed by atoms with Gasteiger partial charge in [-0.1, -0.05) is 18.2 Å². The molecule has 144 valence electrons. The summed E-state index contributed by atoms with van der Waals surface area (Å²) < 4.78 is 49.1. The number of para-hydroxylation sites is 1. The summed E-state index contributed by atoms with van der Waals surface area (Å²) in [6.45, 7) is 0.795. The predicted molar refractivity (Wildman–Crippen MR) is 91.6 cm³/mol. The molecule has 2 heterocycles. The van der Waals surface area contributed by atoms with Gasteiger partial charge in [0.15, 0.2) is 0 Å². The Kier molecular flexibility index (Phi) is 5.53. The van der Waals surface area contributed by atoms with E-state index in [0.29, 0.717) is 25.3 Å². The van der Waals surface area contributed by atoms with E-state index in [1.54, 1.807) is 18.1 Å². The van der Waals surface area contributed by atoms with Crippen LogP contribution in [0.5, 0.6) is 11.6 Å². The van der Waals surface area contributed by atoms with Crippen molar-refractivity contribution in [2.75, 3.05) is 20.2 Å². The molecule has 0 radical (unpaired) electrons. The second kappa shape index (κ2) is 7.85. The fraction of sp³-hybridized carbons (Fsp3) is 0.368. The normalized spacial score (nSPS) is 17.0. The molecule has 1 aromatic carbocycles. The molecule has 1 aliphatic heterocycles. The largest absolute Gasteiger partial charge is 0.496 e. The Labute approximate surface area is 154 Å². The maximum atomic E-state index is 12.8. The summed E-state index contributed by atoms with van der Waals surface area (Å²) in [5.74, 6) is 0.475. The molecule has 1 fully saturated rings. The van der Waals surface area contributed by atoms with Gasteiger partial charge in [0, 0.05) is 30.8 Å². The fourth-order valence-electron chi connectivity index (χ4n) is 3.00. The van der Waals surface area contributed by atoms with Crippen molar-refractivity contribution in [2.24, 2.45) is 0 Å². The first-order valence-electron chi connectivity index (χ1n) is 8.46. The highest BCUT2D eigenvalue weighted by Gasteiger charge is 2.32. The van der Waals surface area contributed by atoms with E-state index in [9.17, 15) is 18.0 Å². The number of hydrogen-bond acceptors (Lipinski definition) is 4. The molecule has 27 heavy (non-hydrogen) atoms. The minimum Gasteiger partial charge on any atom is -0.496 e. The summed E-state index contributed by atoms with van der Waals surface area (Å²) in [6.07, 6.45) is -3.04. The second-order valence-electron chi connectivity index (χ2n) is 6.24. The van der Waals surface area contributed by atoms with Crippen LogP contribution in [-0.4, -0.2) is 42.1 Å². The van der Waals surface area contributed by atoms with Gasteiger partial charge in [-0.05, 0) is 12.1 Å². The van der Waals surface area contributed by atoms with E-state index in [1.165, 1.54) is 0 Å². The molecule has 0 spiro atoms. The molecule has 8 heteroatoms. The average Bonchev–Trinajstić information content (AvgIpc) is 3.10. The van der Waals surface area contributed by atoms with Gasteiger partial charge in [0.05, 0.1) is 25.6 Å². The summed E-state index contributed by atoms with van der Waals surface area (Å²) in [5, 5.41) is 0. The maximum absolute atomic E-state index is 12.8.